The predicted molar refractivity (Wildman–Crippen MR) is 137 cm³/mol. The van der Waals surface area contributed by atoms with Crippen LogP contribution in [0.15, 0.2) is 41.3 Å². The van der Waals surface area contributed by atoms with Gasteiger partial charge in [-0.25, -0.2) is 26.7 Å². The van der Waals surface area contributed by atoms with Crippen molar-refractivity contribution in [2.24, 2.45) is 0 Å². The van der Waals surface area contributed by atoms with Crippen LogP contribution in [0.5, 0.6) is 0 Å². The fraction of sp³-hybridized carbons (Fsp3) is 0.440. The van der Waals surface area contributed by atoms with Gasteiger partial charge in [-0.05, 0) is 36.2 Å². The molecule has 226 valence electrons. The van der Waals surface area contributed by atoms with Crippen molar-refractivity contribution in [2.45, 2.75) is 23.5 Å². The molecule has 0 radical (unpaired) electrons. The Hall–Kier alpha value is -3.36. The second-order valence-electron chi connectivity index (χ2n) is 8.86. The van der Waals surface area contributed by atoms with Gasteiger partial charge in [-0.3, -0.25) is 4.90 Å². The number of aliphatic carboxylic acids is 1. The summed E-state index contributed by atoms with van der Waals surface area (Å²) in [6.45, 7) is 3.80. The smallest absolute Gasteiger partial charge is 0.475 e. The Kier molecular flexibility index (Phi) is 12.4. The number of halogens is 5. The highest BCUT2D eigenvalue weighted by molar-refractivity contribution is 7.89. The van der Waals surface area contributed by atoms with Gasteiger partial charge in [0.15, 0.2) is 0 Å². The first-order chi connectivity index (χ1) is 19.2. The van der Waals surface area contributed by atoms with Crippen molar-refractivity contribution in [2.75, 3.05) is 57.9 Å². The predicted octanol–water partition coefficient (Wildman–Crippen LogP) is 2.12. The Morgan fingerprint density at radius 2 is 1.78 bits per heavy atom. The van der Waals surface area contributed by atoms with Gasteiger partial charge in [0.25, 0.3) is 0 Å². The average Bonchev–Trinajstić information content (AvgIpc) is 2.92. The largest absolute Gasteiger partial charge is 0.490 e. The molecule has 1 fully saturated rings. The number of hydrogen-bond donors (Lipinski definition) is 3. The van der Waals surface area contributed by atoms with E-state index in [-0.39, 0.29) is 22.4 Å². The first-order valence-electron chi connectivity index (χ1n) is 12.1. The molecule has 3 N–H and O–H groups in total. The second-order valence-corrected chi connectivity index (χ2v) is 10.5. The Balaban J connectivity index is 0.000000745. The molecular formula is C25H29F5N4O6S. The van der Waals surface area contributed by atoms with E-state index in [1.165, 1.54) is 18.2 Å². The highest BCUT2D eigenvalue weighted by Gasteiger charge is 2.38. The number of nitrogens with one attached hydrogen (secondary N) is 1. The molecule has 2 aromatic carbocycles. The van der Waals surface area contributed by atoms with Crippen LogP contribution in [0.25, 0.3) is 0 Å². The van der Waals surface area contributed by atoms with E-state index in [9.17, 15) is 40.7 Å². The number of ether oxygens (including phenoxy) is 1. The van der Waals surface area contributed by atoms with E-state index in [1.54, 1.807) is 13.2 Å². The zero-order valence-electron chi connectivity index (χ0n) is 21.9. The molecule has 2 aromatic rings. The lowest BCUT2D eigenvalue weighted by molar-refractivity contribution is -0.192. The number of anilines is 1. The van der Waals surface area contributed by atoms with Crippen LogP contribution in [-0.4, -0.2) is 94.8 Å². The lowest BCUT2D eigenvalue weighted by Gasteiger charge is -2.36. The molecule has 0 aromatic heterocycles. The summed E-state index contributed by atoms with van der Waals surface area (Å²) in [5.41, 5.74) is 0.680. The van der Waals surface area contributed by atoms with Crippen LogP contribution in [0, 0.1) is 23.0 Å². The number of carboxylic acids is 1. The summed E-state index contributed by atoms with van der Waals surface area (Å²) in [5, 5.41) is 26.3. The summed E-state index contributed by atoms with van der Waals surface area (Å²) in [6.07, 6.45) is -5.27. The zero-order chi connectivity index (χ0) is 30.8. The molecule has 10 nitrogen and oxygen atoms in total. The number of piperazine rings is 1. The van der Waals surface area contributed by atoms with E-state index in [2.05, 4.69) is 9.62 Å². The summed E-state index contributed by atoms with van der Waals surface area (Å²) < 4.78 is 92.7. The van der Waals surface area contributed by atoms with Gasteiger partial charge in [-0.15, -0.1) is 0 Å². The quantitative estimate of drug-likeness (QED) is 0.346. The Morgan fingerprint density at radius 1 is 1.15 bits per heavy atom. The lowest BCUT2D eigenvalue weighted by Crippen LogP contribution is -2.47. The minimum atomic E-state index is -5.08. The van der Waals surface area contributed by atoms with Gasteiger partial charge < -0.3 is 19.8 Å². The first-order valence-corrected chi connectivity index (χ1v) is 13.6. The van der Waals surface area contributed by atoms with Crippen molar-refractivity contribution in [3.63, 3.8) is 0 Å². The molecule has 41 heavy (non-hydrogen) atoms. The third kappa shape index (κ3) is 10.2. The number of aliphatic hydroxyl groups excluding tert-OH is 1. The van der Waals surface area contributed by atoms with Crippen LogP contribution in [-0.2, 0) is 26.0 Å². The topological polar surface area (TPSA) is 143 Å². The third-order valence-corrected chi connectivity index (χ3v) is 7.55. The highest BCUT2D eigenvalue weighted by atomic mass is 32.2. The number of benzene rings is 2. The number of carboxylic acid groups (broad SMARTS) is 1. The standard InChI is InChI=1S/C23H28F2N4O4S.C2HF3O2/c1-33-11-10-28-6-8-29(9-7-28)21-5-3-18(15-26)23(14-21)34(31,32)27-20(16-30)12-17-2-4-19(24)13-22(17)25;3-2(4,5)1(6)7/h2-5,13-14,20,27,30H,6-12,16H2,1H3;(H,6,7). The van der Waals surface area contributed by atoms with Gasteiger partial charge in [0, 0.05) is 57.6 Å². The van der Waals surface area contributed by atoms with Crippen LogP contribution < -0.4 is 9.62 Å². The van der Waals surface area contributed by atoms with Gasteiger partial charge in [0.2, 0.25) is 10.0 Å². The molecule has 0 bridgehead atoms. The summed E-state index contributed by atoms with van der Waals surface area (Å²) in [7, 11) is -2.57. The van der Waals surface area contributed by atoms with E-state index in [4.69, 9.17) is 14.6 Å². The van der Waals surface area contributed by atoms with Crippen molar-refractivity contribution in [1.82, 2.24) is 9.62 Å². The van der Waals surface area contributed by atoms with Crippen LogP contribution in [0.1, 0.15) is 11.1 Å². The molecule has 0 saturated carbocycles. The van der Waals surface area contributed by atoms with Crippen LogP contribution >= 0.6 is 0 Å². The van der Waals surface area contributed by atoms with Gasteiger partial charge in [-0.1, -0.05) is 6.07 Å². The maximum atomic E-state index is 14.0. The number of nitrogens with zero attached hydrogens (tertiary/aromatic N) is 3. The number of aliphatic hydroxyl groups is 1. The third-order valence-electron chi connectivity index (χ3n) is 5.99. The van der Waals surface area contributed by atoms with E-state index in [0.29, 0.717) is 31.5 Å². The number of rotatable bonds is 10. The molecule has 0 spiro atoms. The second kappa shape index (κ2) is 15.0. The van der Waals surface area contributed by atoms with Crippen molar-refractivity contribution in [3.8, 4) is 6.07 Å². The first kappa shape index (κ1) is 33.8. The minimum absolute atomic E-state index is 0.0420. The number of alkyl halides is 3. The van der Waals surface area contributed by atoms with Gasteiger partial charge in [-0.2, -0.15) is 18.4 Å². The molecule has 1 unspecified atom stereocenters. The number of nitriles is 1. The van der Waals surface area contributed by atoms with Crippen molar-refractivity contribution < 1.29 is 50.1 Å². The number of carbonyl (C=O) groups is 1. The molecule has 1 atom stereocenters. The number of hydrogen-bond acceptors (Lipinski definition) is 8. The summed E-state index contributed by atoms with van der Waals surface area (Å²) in [6, 6.07) is 8.40. The maximum absolute atomic E-state index is 14.0. The summed E-state index contributed by atoms with van der Waals surface area (Å²) >= 11 is 0. The molecule has 16 heteroatoms. The molecule has 1 aliphatic rings. The Morgan fingerprint density at radius 3 is 2.29 bits per heavy atom. The van der Waals surface area contributed by atoms with Gasteiger partial charge >= 0.3 is 12.1 Å². The van der Waals surface area contributed by atoms with Crippen LogP contribution in [0.2, 0.25) is 0 Å². The zero-order valence-corrected chi connectivity index (χ0v) is 22.7. The van der Waals surface area contributed by atoms with Crippen LogP contribution in [0.3, 0.4) is 0 Å². The van der Waals surface area contributed by atoms with Crippen molar-refractivity contribution >= 4 is 21.7 Å². The monoisotopic (exact) mass is 608 g/mol. The number of methoxy groups -OCH3 is 1. The minimum Gasteiger partial charge on any atom is -0.475 e. The van der Waals surface area contributed by atoms with E-state index in [0.717, 1.165) is 25.7 Å². The molecule has 0 amide bonds. The van der Waals surface area contributed by atoms with Gasteiger partial charge in [0.1, 0.15) is 22.6 Å². The van der Waals surface area contributed by atoms with Crippen molar-refractivity contribution in [3.05, 3.63) is 59.2 Å². The van der Waals surface area contributed by atoms with Crippen LogP contribution in [0.4, 0.5) is 27.6 Å². The Bertz CT molecular complexity index is 1330. The lowest BCUT2D eigenvalue weighted by atomic mass is 10.1. The molecule has 0 aliphatic carbocycles. The maximum Gasteiger partial charge on any atom is 0.490 e. The summed E-state index contributed by atoms with van der Waals surface area (Å²) in [5.74, 6) is -4.34. The molecular weight excluding hydrogens is 579 g/mol. The van der Waals surface area contributed by atoms with Gasteiger partial charge in [0.05, 0.1) is 18.8 Å². The SMILES string of the molecule is COCCN1CCN(c2ccc(C#N)c(S(=O)(=O)NC(CO)Cc3ccc(F)cc3F)c2)CC1.O=C(O)C(F)(F)F. The van der Waals surface area contributed by atoms with E-state index < -0.39 is 46.5 Å². The molecule has 1 heterocycles. The van der Waals surface area contributed by atoms with E-state index in [1.807, 2.05) is 11.0 Å². The highest BCUT2D eigenvalue weighted by Crippen LogP contribution is 2.25. The van der Waals surface area contributed by atoms with E-state index >= 15 is 0 Å². The normalized spacial score (nSPS) is 15.0. The van der Waals surface area contributed by atoms with Crippen molar-refractivity contribution in [1.29, 1.82) is 5.26 Å². The number of sulfonamides is 1. The summed E-state index contributed by atoms with van der Waals surface area (Å²) in [4.78, 5) is 13.0. The molecule has 3 rings (SSSR count). The average molecular weight is 609 g/mol. The Labute approximate surface area is 233 Å². The fourth-order valence-electron chi connectivity index (χ4n) is 3.85. The molecule has 1 aliphatic heterocycles. The fourth-order valence-corrected chi connectivity index (χ4v) is 5.25. The molecule has 1 saturated heterocycles.